The van der Waals surface area contributed by atoms with Crippen molar-refractivity contribution >= 4 is 5.82 Å². The Kier molecular flexibility index (Phi) is 7.21. The molecule has 4 rings (SSSR count). The Morgan fingerprint density at radius 1 is 1.17 bits per heavy atom. The van der Waals surface area contributed by atoms with Gasteiger partial charge in [-0.05, 0) is 49.2 Å². The van der Waals surface area contributed by atoms with E-state index in [4.69, 9.17) is 14.2 Å². The fraction of sp³-hybridized carbons (Fsp3) is 0.360. The first-order valence-electron chi connectivity index (χ1n) is 11.2. The monoisotopic (exact) mass is 507 g/mol. The zero-order chi connectivity index (χ0) is 26.0. The zero-order valence-corrected chi connectivity index (χ0v) is 19.9. The van der Waals surface area contributed by atoms with Crippen LogP contribution in [0.5, 0.6) is 17.4 Å². The molecule has 192 valence electrons. The number of aryl methyl sites for hydroxylation is 1. The highest BCUT2D eigenvalue weighted by atomic mass is 19.4. The average Bonchev–Trinajstić information content (AvgIpc) is 2.82. The standard InChI is InChI=1S/C25H25F4N3O4/c1-15-4-6-18(11-19(15)25(27,28)29)36-21-7-5-17(10-20(21)26)14-35-22-12-23(31(3)24(33)30-22)32-8-9-34-13-16(32)2/h4-7,10-12,16H,8-9,13-14H2,1-3H3/t16-/m0/s1. The third-order valence-corrected chi connectivity index (χ3v) is 5.88. The summed E-state index contributed by atoms with van der Waals surface area (Å²) in [6, 6.07) is 9.12. The molecule has 2 heterocycles. The summed E-state index contributed by atoms with van der Waals surface area (Å²) in [5, 5.41) is 0. The molecule has 2 aromatic carbocycles. The predicted molar refractivity (Wildman–Crippen MR) is 124 cm³/mol. The van der Waals surface area contributed by atoms with Crippen LogP contribution < -0.4 is 20.1 Å². The van der Waals surface area contributed by atoms with Crippen molar-refractivity contribution in [3.05, 3.63) is 75.5 Å². The molecule has 1 fully saturated rings. The number of hydrogen-bond acceptors (Lipinski definition) is 6. The third-order valence-electron chi connectivity index (χ3n) is 5.88. The lowest BCUT2D eigenvalue weighted by Crippen LogP contribution is -2.46. The number of rotatable bonds is 6. The van der Waals surface area contributed by atoms with Gasteiger partial charge in [-0.1, -0.05) is 12.1 Å². The van der Waals surface area contributed by atoms with Crippen molar-refractivity contribution in [2.45, 2.75) is 32.7 Å². The topological polar surface area (TPSA) is 65.8 Å². The first-order valence-corrected chi connectivity index (χ1v) is 11.2. The summed E-state index contributed by atoms with van der Waals surface area (Å²) in [6.45, 7) is 4.90. The highest BCUT2D eigenvalue weighted by Crippen LogP contribution is 2.35. The van der Waals surface area contributed by atoms with Crippen LogP contribution in [0.3, 0.4) is 0 Å². The van der Waals surface area contributed by atoms with Crippen LogP contribution >= 0.6 is 0 Å². The van der Waals surface area contributed by atoms with Gasteiger partial charge in [0.1, 0.15) is 18.2 Å². The molecule has 0 N–H and O–H groups in total. The Hall–Kier alpha value is -3.60. The molecule has 0 aliphatic carbocycles. The lowest BCUT2D eigenvalue weighted by molar-refractivity contribution is -0.138. The summed E-state index contributed by atoms with van der Waals surface area (Å²) < 4.78 is 72.0. The highest BCUT2D eigenvalue weighted by molar-refractivity contribution is 5.44. The Morgan fingerprint density at radius 2 is 1.94 bits per heavy atom. The number of aromatic nitrogens is 2. The Balaban J connectivity index is 1.48. The molecule has 1 aliphatic rings. The number of halogens is 4. The largest absolute Gasteiger partial charge is 0.473 e. The fourth-order valence-corrected chi connectivity index (χ4v) is 3.89. The van der Waals surface area contributed by atoms with Crippen LogP contribution in [0.15, 0.2) is 47.3 Å². The Labute approximate surface area is 204 Å². The van der Waals surface area contributed by atoms with Gasteiger partial charge in [-0.25, -0.2) is 9.18 Å². The van der Waals surface area contributed by atoms with E-state index in [1.54, 1.807) is 13.1 Å². The summed E-state index contributed by atoms with van der Waals surface area (Å²) >= 11 is 0. The minimum atomic E-state index is -4.55. The molecule has 1 saturated heterocycles. The van der Waals surface area contributed by atoms with E-state index >= 15 is 0 Å². The van der Waals surface area contributed by atoms with E-state index in [1.165, 1.54) is 35.8 Å². The van der Waals surface area contributed by atoms with Crippen molar-refractivity contribution in [2.24, 2.45) is 7.05 Å². The molecule has 7 nitrogen and oxygen atoms in total. The molecule has 0 radical (unpaired) electrons. The second-order valence-corrected chi connectivity index (χ2v) is 8.54. The lowest BCUT2D eigenvalue weighted by atomic mass is 10.1. The van der Waals surface area contributed by atoms with Gasteiger partial charge in [0, 0.05) is 19.7 Å². The molecule has 0 saturated carbocycles. The van der Waals surface area contributed by atoms with Crippen molar-refractivity contribution in [3.8, 4) is 17.4 Å². The maximum atomic E-state index is 14.7. The van der Waals surface area contributed by atoms with Gasteiger partial charge in [-0.15, -0.1) is 0 Å². The van der Waals surface area contributed by atoms with Crippen LogP contribution in [0.25, 0.3) is 0 Å². The van der Waals surface area contributed by atoms with Crippen molar-refractivity contribution in [3.63, 3.8) is 0 Å². The summed E-state index contributed by atoms with van der Waals surface area (Å²) in [6.07, 6.45) is -4.55. The molecular weight excluding hydrogens is 482 g/mol. The molecule has 1 atom stereocenters. The molecule has 1 aliphatic heterocycles. The van der Waals surface area contributed by atoms with Crippen LogP contribution in [0, 0.1) is 12.7 Å². The van der Waals surface area contributed by atoms with Gasteiger partial charge < -0.3 is 19.1 Å². The first kappa shape index (κ1) is 25.5. The van der Waals surface area contributed by atoms with Crippen molar-refractivity contribution < 1.29 is 31.8 Å². The van der Waals surface area contributed by atoms with E-state index in [0.717, 1.165) is 12.1 Å². The van der Waals surface area contributed by atoms with Gasteiger partial charge in [0.15, 0.2) is 11.6 Å². The summed E-state index contributed by atoms with van der Waals surface area (Å²) in [5.74, 6) is -0.417. The SMILES string of the molecule is Cc1ccc(Oc2ccc(COc3cc(N4CCOC[C@@H]4C)n(C)c(=O)n3)cc2F)cc1C(F)(F)F. The maximum absolute atomic E-state index is 14.7. The number of hydrogen-bond donors (Lipinski definition) is 0. The summed E-state index contributed by atoms with van der Waals surface area (Å²) in [4.78, 5) is 18.3. The second-order valence-electron chi connectivity index (χ2n) is 8.54. The molecule has 11 heteroatoms. The van der Waals surface area contributed by atoms with E-state index in [9.17, 15) is 22.4 Å². The van der Waals surface area contributed by atoms with Crippen molar-refractivity contribution in [1.29, 1.82) is 0 Å². The molecule has 0 spiro atoms. The molecule has 0 bridgehead atoms. The lowest BCUT2D eigenvalue weighted by Gasteiger charge is -2.35. The van der Waals surface area contributed by atoms with Gasteiger partial charge in [0.25, 0.3) is 0 Å². The molecule has 0 unspecified atom stereocenters. The number of ether oxygens (including phenoxy) is 3. The second kappa shape index (κ2) is 10.2. The van der Waals surface area contributed by atoms with Crippen LogP contribution in [0.2, 0.25) is 0 Å². The minimum Gasteiger partial charge on any atom is -0.473 e. The zero-order valence-electron chi connectivity index (χ0n) is 19.9. The summed E-state index contributed by atoms with van der Waals surface area (Å²) in [5.41, 5.74) is -0.882. The Morgan fingerprint density at radius 3 is 2.64 bits per heavy atom. The van der Waals surface area contributed by atoms with E-state index in [-0.39, 0.29) is 35.6 Å². The van der Waals surface area contributed by atoms with Crippen LogP contribution in [-0.2, 0) is 24.6 Å². The molecule has 0 amide bonds. The van der Waals surface area contributed by atoms with Gasteiger partial charge in [-0.2, -0.15) is 18.2 Å². The third kappa shape index (κ3) is 5.62. The van der Waals surface area contributed by atoms with Gasteiger partial charge >= 0.3 is 11.9 Å². The minimum absolute atomic E-state index is 0.0402. The van der Waals surface area contributed by atoms with Gasteiger partial charge in [0.05, 0.1) is 24.8 Å². The number of anilines is 1. The maximum Gasteiger partial charge on any atom is 0.416 e. The van der Waals surface area contributed by atoms with Crippen molar-refractivity contribution in [2.75, 3.05) is 24.7 Å². The van der Waals surface area contributed by atoms with Gasteiger partial charge in [-0.3, -0.25) is 4.57 Å². The highest BCUT2D eigenvalue weighted by Gasteiger charge is 2.32. The van der Waals surface area contributed by atoms with E-state index in [1.807, 2.05) is 11.8 Å². The molecule has 36 heavy (non-hydrogen) atoms. The normalized spacial score (nSPS) is 16.2. The van der Waals surface area contributed by atoms with E-state index in [0.29, 0.717) is 31.1 Å². The smallest absolute Gasteiger partial charge is 0.416 e. The van der Waals surface area contributed by atoms with Crippen LogP contribution in [-0.4, -0.2) is 35.4 Å². The van der Waals surface area contributed by atoms with E-state index < -0.39 is 23.2 Å². The molecular formula is C25H25F4N3O4. The number of nitrogens with zero attached hydrogens (tertiary/aromatic N) is 3. The quantitative estimate of drug-likeness (QED) is 0.445. The summed E-state index contributed by atoms with van der Waals surface area (Å²) in [7, 11) is 1.62. The van der Waals surface area contributed by atoms with Crippen molar-refractivity contribution in [1.82, 2.24) is 9.55 Å². The number of benzene rings is 2. The number of morpholine rings is 1. The van der Waals surface area contributed by atoms with Gasteiger partial charge in [0.2, 0.25) is 5.88 Å². The Bertz CT molecular complexity index is 1310. The average molecular weight is 507 g/mol. The molecule has 1 aromatic heterocycles. The predicted octanol–water partition coefficient (Wildman–Crippen LogP) is 4.84. The van der Waals surface area contributed by atoms with Crippen LogP contribution in [0.1, 0.15) is 23.6 Å². The fourth-order valence-electron chi connectivity index (χ4n) is 3.89. The van der Waals surface area contributed by atoms with E-state index in [2.05, 4.69) is 4.98 Å². The number of alkyl halides is 3. The molecule has 3 aromatic rings. The van der Waals surface area contributed by atoms with Crippen LogP contribution in [0.4, 0.5) is 23.4 Å². The first-order chi connectivity index (χ1) is 17.0.